The first kappa shape index (κ1) is 10.2. The lowest BCUT2D eigenvalue weighted by Crippen LogP contribution is -1.83. The van der Waals surface area contributed by atoms with Crippen molar-refractivity contribution in [1.82, 2.24) is 0 Å². The summed E-state index contributed by atoms with van der Waals surface area (Å²) in [4.78, 5) is 10.3. The van der Waals surface area contributed by atoms with Crippen molar-refractivity contribution in [2.24, 2.45) is 0 Å². The van der Waals surface area contributed by atoms with Crippen LogP contribution in [-0.2, 0) is 4.79 Å². The van der Waals surface area contributed by atoms with Crippen LogP contribution >= 0.6 is 23.2 Å². The minimum absolute atomic E-state index is 0.0178. The molecule has 0 aliphatic carbocycles. The van der Waals surface area contributed by atoms with E-state index in [1.165, 1.54) is 18.2 Å². The summed E-state index contributed by atoms with van der Waals surface area (Å²) in [5.74, 6) is -0.557. The fraction of sp³-hybridized carbons (Fsp3) is 0. The smallest absolute Gasteiger partial charge is 0.245 e. The molecule has 0 spiro atoms. The number of hydrogen-bond acceptors (Lipinski definition) is 1. The van der Waals surface area contributed by atoms with Gasteiger partial charge in [0.15, 0.2) is 0 Å². The Labute approximate surface area is 84.8 Å². The number of hydrogen-bond donors (Lipinski definition) is 0. The molecule has 1 rings (SSSR count). The van der Waals surface area contributed by atoms with Gasteiger partial charge in [0.25, 0.3) is 0 Å². The Morgan fingerprint density at radius 1 is 1.46 bits per heavy atom. The van der Waals surface area contributed by atoms with Gasteiger partial charge in [-0.2, -0.15) is 0 Å². The van der Waals surface area contributed by atoms with Gasteiger partial charge < -0.3 is 0 Å². The topological polar surface area (TPSA) is 17.1 Å². The number of benzene rings is 1. The van der Waals surface area contributed by atoms with Crippen LogP contribution in [0, 0.1) is 5.82 Å². The maximum Gasteiger partial charge on any atom is 0.245 e. The van der Waals surface area contributed by atoms with E-state index in [9.17, 15) is 9.18 Å². The number of carbonyl (C=O) groups excluding carboxylic acids is 1. The molecule has 0 heterocycles. The summed E-state index contributed by atoms with van der Waals surface area (Å²) in [6.45, 7) is 0. The summed E-state index contributed by atoms with van der Waals surface area (Å²) < 4.78 is 13.1. The van der Waals surface area contributed by atoms with Gasteiger partial charge in [-0.3, -0.25) is 4.79 Å². The molecule has 0 aliphatic heterocycles. The van der Waals surface area contributed by atoms with Crippen molar-refractivity contribution in [3.8, 4) is 0 Å². The average Bonchev–Trinajstić information content (AvgIpc) is 2.07. The number of carbonyl (C=O) groups is 1. The maximum absolute atomic E-state index is 13.1. The summed E-state index contributed by atoms with van der Waals surface area (Å²) in [6, 6.07) is 4.51. The molecule has 0 amide bonds. The maximum atomic E-state index is 13.1. The van der Waals surface area contributed by atoms with E-state index in [0.717, 1.165) is 6.08 Å². The van der Waals surface area contributed by atoms with Crippen molar-refractivity contribution in [3.63, 3.8) is 0 Å². The zero-order chi connectivity index (χ0) is 9.84. The summed E-state index contributed by atoms with van der Waals surface area (Å²) in [6.07, 6.45) is 2.34. The Morgan fingerprint density at radius 2 is 2.15 bits per heavy atom. The van der Waals surface area contributed by atoms with Crippen molar-refractivity contribution >= 4 is 34.5 Å². The second-order valence-electron chi connectivity index (χ2n) is 2.28. The van der Waals surface area contributed by atoms with Crippen LogP contribution in [0.25, 0.3) is 6.08 Å². The third-order valence-corrected chi connectivity index (χ3v) is 1.79. The number of allylic oxidation sites excluding steroid dienone is 1. The fourth-order valence-corrected chi connectivity index (χ4v) is 1.05. The molecular weight excluding hydrogens is 214 g/mol. The van der Waals surface area contributed by atoms with Gasteiger partial charge in [0, 0.05) is 5.56 Å². The highest BCUT2D eigenvalue weighted by molar-refractivity contribution is 6.66. The first-order valence-electron chi connectivity index (χ1n) is 3.43. The lowest BCUT2D eigenvalue weighted by atomic mass is 10.2. The van der Waals surface area contributed by atoms with Crippen LogP contribution in [0.3, 0.4) is 0 Å². The number of rotatable bonds is 2. The molecule has 1 aromatic rings. The molecule has 4 heteroatoms. The molecule has 0 aliphatic rings. The first-order chi connectivity index (χ1) is 6.11. The molecule has 0 saturated carbocycles. The van der Waals surface area contributed by atoms with Gasteiger partial charge >= 0.3 is 0 Å². The fourth-order valence-electron chi connectivity index (χ4n) is 0.804. The molecule has 0 saturated heterocycles. The van der Waals surface area contributed by atoms with Crippen molar-refractivity contribution < 1.29 is 9.18 Å². The molecule has 13 heavy (non-hydrogen) atoms. The van der Waals surface area contributed by atoms with E-state index in [1.807, 2.05) is 0 Å². The summed E-state index contributed by atoms with van der Waals surface area (Å²) in [7, 11) is 0. The third-order valence-electron chi connectivity index (χ3n) is 1.38. The predicted octanol–water partition coefficient (Wildman–Crippen LogP) is 3.26. The van der Waals surface area contributed by atoms with Crippen LogP contribution in [0.15, 0.2) is 24.3 Å². The van der Waals surface area contributed by atoms with Gasteiger partial charge in [0.1, 0.15) is 5.82 Å². The molecule has 0 atom stereocenters. The van der Waals surface area contributed by atoms with E-state index < -0.39 is 11.1 Å². The van der Waals surface area contributed by atoms with Gasteiger partial charge in [-0.1, -0.05) is 23.7 Å². The molecule has 68 valence electrons. The third kappa shape index (κ3) is 2.83. The van der Waals surface area contributed by atoms with Crippen LogP contribution in [0.2, 0.25) is 5.02 Å². The van der Waals surface area contributed by atoms with Crippen molar-refractivity contribution in [3.05, 3.63) is 40.7 Å². The van der Waals surface area contributed by atoms with E-state index in [0.29, 0.717) is 0 Å². The lowest BCUT2D eigenvalue weighted by molar-refractivity contribution is -0.107. The van der Waals surface area contributed by atoms with Crippen LogP contribution in [0.5, 0.6) is 0 Å². The normalized spacial score (nSPS) is 10.7. The van der Waals surface area contributed by atoms with Crippen molar-refractivity contribution in [2.45, 2.75) is 0 Å². The molecule has 0 bridgehead atoms. The van der Waals surface area contributed by atoms with Crippen LogP contribution in [0.1, 0.15) is 5.56 Å². The molecular formula is C9H5Cl2FO. The Kier molecular flexibility index (Phi) is 3.46. The largest absolute Gasteiger partial charge is 0.276 e. The van der Waals surface area contributed by atoms with E-state index in [1.54, 1.807) is 6.07 Å². The second kappa shape index (κ2) is 4.40. The van der Waals surface area contributed by atoms with Crippen LogP contribution < -0.4 is 0 Å². The lowest BCUT2D eigenvalue weighted by Gasteiger charge is -1.97. The summed E-state index contributed by atoms with van der Waals surface area (Å²) >= 11 is 10.5. The monoisotopic (exact) mass is 218 g/mol. The predicted molar refractivity (Wildman–Crippen MR) is 51.3 cm³/mol. The zero-order valence-electron chi connectivity index (χ0n) is 6.43. The quantitative estimate of drug-likeness (QED) is 0.551. The molecule has 0 aromatic heterocycles. The van der Waals surface area contributed by atoms with Gasteiger partial charge in [-0.25, -0.2) is 4.39 Å². The Hall–Kier alpha value is -0.860. The molecule has 0 unspecified atom stereocenters. The van der Waals surface area contributed by atoms with Gasteiger partial charge in [-0.05, 0) is 29.8 Å². The van der Waals surface area contributed by atoms with Crippen LogP contribution in [-0.4, -0.2) is 5.24 Å². The standard InChI is InChI=1S/C9H5Cl2FO/c10-7-3-1-2-6(9(7)12)4-5-8(11)13/h1-5H. The van der Waals surface area contributed by atoms with Crippen LogP contribution in [0.4, 0.5) is 4.39 Å². The molecule has 1 nitrogen and oxygen atoms in total. The highest BCUT2D eigenvalue weighted by atomic mass is 35.5. The highest BCUT2D eigenvalue weighted by Gasteiger charge is 2.02. The van der Waals surface area contributed by atoms with Gasteiger partial charge in [0.05, 0.1) is 5.02 Å². The Morgan fingerprint density at radius 3 is 2.77 bits per heavy atom. The SMILES string of the molecule is O=C(Cl)C=Cc1cccc(Cl)c1F. The average molecular weight is 219 g/mol. The Bertz CT molecular complexity index is 361. The summed E-state index contributed by atoms with van der Waals surface area (Å²) in [5.41, 5.74) is 0.238. The Balaban J connectivity index is 3.02. The molecule has 1 aromatic carbocycles. The molecule has 0 fully saturated rings. The van der Waals surface area contributed by atoms with E-state index in [2.05, 4.69) is 0 Å². The first-order valence-corrected chi connectivity index (χ1v) is 4.18. The van der Waals surface area contributed by atoms with Crippen molar-refractivity contribution in [2.75, 3.05) is 0 Å². The molecule has 0 N–H and O–H groups in total. The highest BCUT2D eigenvalue weighted by Crippen LogP contribution is 2.18. The zero-order valence-corrected chi connectivity index (χ0v) is 7.94. The summed E-state index contributed by atoms with van der Waals surface area (Å²) in [5, 5.41) is -0.636. The minimum Gasteiger partial charge on any atom is -0.276 e. The van der Waals surface area contributed by atoms with E-state index >= 15 is 0 Å². The van der Waals surface area contributed by atoms with Gasteiger partial charge in [0.2, 0.25) is 5.24 Å². The molecule has 0 radical (unpaired) electrons. The number of halogens is 3. The van der Waals surface area contributed by atoms with E-state index in [4.69, 9.17) is 23.2 Å². The second-order valence-corrected chi connectivity index (χ2v) is 3.06. The van der Waals surface area contributed by atoms with Crippen molar-refractivity contribution in [1.29, 1.82) is 0 Å². The van der Waals surface area contributed by atoms with E-state index in [-0.39, 0.29) is 10.6 Å². The minimum atomic E-state index is -0.653. The van der Waals surface area contributed by atoms with Gasteiger partial charge in [-0.15, -0.1) is 0 Å².